The summed E-state index contributed by atoms with van der Waals surface area (Å²) in [7, 11) is 0. The third kappa shape index (κ3) is 5.21. The summed E-state index contributed by atoms with van der Waals surface area (Å²) in [4.78, 5) is 0. The number of aromatic nitrogens is 3. The molecule has 0 fully saturated rings. The Morgan fingerprint density at radius 2 is 0.963 bits per heavy atom. The van der Waals surface area contributed by atoms with E-state index in [9.17, 15) is 0 Å². The van der Waals surface area contributed by atoms with Crippen molar-refractivity contribution in [3.63, 3.8) is 0 Å². The van der Waals surface area contributed by atoms with E-state index in [0.29, 0.717) is 0 Å². The van der Waals surface area contributed by atoms with Gasteiger partial charge in [0, 0.05) is 0 Å². The van der Waals surface area contributed by atoms with Gasteiger partial charge in [0.1, 0.15) is 0 Å². The molecular weight excluding hydrogens is 722 g/mol. The number of hydrogen-bond acceptors (Lipinski definition) is 3. The first-order valence-electron chi connectivity index (χ1n) is 18.4. The number of benzene rings is 7. The van der Waals surface area contributed by atoms with Crippen molar-refractivity contribution in [1.29, 1.82) is 0 Å². The zero-order valence-corrected chi connectivity index (χ0v) is 31.8. The molecule has 54 heavy (non-hydrogen) atoms. The second kappa shape index (κ2) is 13.3. The molecule has 1 aliphatic rings. The Morgan fingerprint density at radius 3 is 1.69 bits per heavy atom. The Labute approximate surface area is 321 Å². The fourth-order valence-corrected chi connectivity index (χ4v) is 11.3. The van der Waals surface area contributed by atoms with Crippen molar-refractivity contribution in [1.82, 2.24) is 15.4 Å². The average molecular weight is 757 g/mol. The summed E-state index contributed by atoms with van der Waals surface area (Å²) >= 11 is 0.0778. The van der Waals surface area contributed by atoms with Crippen LogP contribution in [0.5, 0.6) is 0 Å². The molecule has 0 saturated carbocycles. The molecule has 0 amide bonds. The molecule has 0 N–H and O–H groups in total. The van der Waals surface area contributed by atoms with Crippen molar-refractivity contribution in [2.24, 2.45) is 0 Å². The Kier molecular flexibility index (Phi) is 8.02. The molecule has 7 aromatic carbocycles. The molecule has 0 unspecified atom stereocenters. The van der Waals surface area contributed by atoms with Gasteiger partial charge < -0.3 is 0 Å². The SMILES string of the molecule is Cc1c(C)c(-c2ccccc2)c2c(c1-c1[se]c3ccccc3c1-c1ccccc1-c1nnnc(-c3ccccc3)c1-c1ccccc1)Cc1ccccc1-2. The predicted octanol–water partition coefficient (Wildman–Crippen LogP) is 12.3. The van der Waals surface area contributed by atoms with E-state index in [-0.39, 0.29) is 14.5 Å². The van der Waals surface area contributed by atoms with Gasteiger partial charge in [-0.2, -0.15) is 0 Å². The first-order valence-corrected chi connectivity index (χ1v) is 20.1. The van der Waals surface area contributed by atoms with E-state index in [2.05, 4.69) is 182 Å². The Hall–Kier alpha value is -6.19. The van der Waals surface area contributed by atoms with Gasteiger partial charge in [-0.25, -0.2) is 0 Å². The van der Waals surface area contributed by atoms with Crippen LogP contribution >= 0.6 is 0 Å². The van der Waals surface area contributed by atoms with Gasteiger partial charge >= 0.3 is 323 Å². The fraction of sp³-hybridized carbons (Fsp3) is 0.0600. The van der Waals surface area contributed by atoms with Gasteiger partial charge in [0.15, 0.2) is 0 Å². The molecule has 9 aromatic rings. The van der Waals surface area contributed by atoms with Gasteiger partial charge in [0.2, 0.25) is 0 Å². The number of fused-ring (bicyclic) bond motifs is 4. The maximum atomic E-state index is 4.88. The predicted molar refractivity (Wildman–Crippen MR) is 225 cm³/mol. The third-order valence-electron chi connectivity index (χ3n) is 11.0. The zero-order chi connectivity index (χ0) is 36.2. The van der Waals surface area contributed by atoms with E-state index in [4.69, 9.17) is 5.10 Å². The van der Waals surface area contributed by atoms with Crippen LogP contribution in [0.25, 0.3) is 86.7 Å². The van der Waals surface area contributed by atoms with Crippen molar-refractivity contribution in [2.45, 2.75) is 20.3 Å². The van der Waals surface area contributed by atoms with Gasteiger partial charge in [0.25, 0.3) is 0 Å². The van der Waals surface area contributed by atoms with Crippen molar-refractivity contribution in [2.75, 3.05) is 0 Å². The van der Waals surface area contributed by atoms with Crippen molar-refractivity contribution in [3.05, 3.63) is 186 Å². The monoisotopic (exact) mass is 757 g/mol. The third-order valence-corrected chi connectivity index (χ3v) is 13.5. The Bertz CT molecular complexity index is 2860. The van der Waals surface area contributed by atoms with Gasteiger partial charge in [-0.3, -0.25) is 0 Å². The van der Waals surface area contributed by atoms with E-state index in [1.54, 1.807) is 0 Å². The molecule has 0 saturated heterocycles. The van der Waals surface area contributed by atoms with Crippen molar-refractivity contribution in [3.8, 4) is 77.0 Å². The van der Waals surface area contributed by atoms with Gasteiger partial charge in [0.05, 0.1) is 0 Å². The normalized spacial score (nSPS) is 11.8. The van der Waals surface area contributed by atoms with Crippen LogP contribution in [-0.2, 0) is 6.42 Å². The topological polar surface area (TPSA) is 38.7 Å². The number of rotatable bonds is 6. The van der Waals surface area contributed by atoms with Gasteiger partial charge in [-0.05, 0) is 0 Å². The van der Waals surface area contributed by atoms with Crippen LogP contribution in [0.2, 0.25) is 0 Å². The zero-order valence-electron chi connectivity index (χ0n) is 30.0. The molecule has 0 aliphatic heterocycles. The Morgan fingerprint density at radius 1 is 0.426 bits per heavy atom. The minimum absolute atomic E-state index is 0.0778. The first kappa shape index (κ1) is 32.5. The molecule has 3 nitrogen and oxygen atoms in total. The second-order valence-electron chi connectivity index (χ2n) is 14.0. The molecule has 2 aromatic heterocycles. The average Bonchev–Trinajstić information content (AvgIpc) is 3.81. The molecule has 4 heteroatoms. The molecule has 2 heterocycles. The molecule has 1 aliphatic carbocycles. The summed E-state index contributed by atoms with van der Waals surface area (Å²) < 4.78 is 2.85. The first-order chi connectivity index (χ1) is 26.7. The molecule has 10 rings (SSSR count). The van der Waals surface area contributed by atoms with E-state index in [0.717, 1.165) is 40.1 Å². The standard InChI is InChI=1S/C50H35N3Se/c1-31-32(2)44(41-30-36-24-12-13-25-37(36)46(41)43(31)33-18-6-3-7-19-33)50-47(40-28-16-17-29-42(40)54-50)38-26-14-15-27-39(38)49-45(34-20-8-4-9-21-34)48(51-53-52-49)35-22-10-5-11-23-35/h3-29H,30H2,1-2H3. The van der Waals surface area contributed by atoms with Crippen LogP contribution in [0.1, 0.15) is 22.3 Å². The van der Waals surface area contributed by atoms with E-state index in [1.165, 1.54) is 75.3 Å². The number of hydrogen-bond donors (Lipinski definition) is 0. The Balaban J connectivity index is 1.28. The summed E-state index contributed by atoms with van der Waals surface area (Å²) in [5.74, 6) is 0. The van der Waals surface area contributed by atoms with Crippen LogP contribution in [0.15, 0.2) is 164 Å². The molecule has 0 atom stereocenters. The molecule has 0 spiro atoms. The maximum absolute atomic E-state index is 4.88. The second-order valence-corrected chi connectivity index (χ2v) is 16.2. The van der Waals surface area contributed by atoms with Crippen LogP contribution in [0.3, 0.4) is 0 Å². The molecule has 0 radical (unpaired) electrons. The summed E-state index contributed by atoms with van der Waals surface area (Å²) in [6.07, 6.45) is 0.918. The summed E-state index contributed by atoms with van der Waals surface area (Å²) in [6.45, 7) is 4.68. The summed E-state index contributed by atoms with van der Waals surface area (Å²) in [6, 6.07) is 58.7. The molecule has 256 valence electrons. The van der Waals surface area contributed by atoms with E-state index >= 15 is 0 Å². The van der Waals surface area contributed by atoms with Gasteiger partial charge in [-0.1, -0.05) is 0 Å². The minimum atomic E-state index is 0.0778. The van der Waals surface area contributed by atoms with E-state index < -0.39 is 0 Å². The summed E-state index contributed by atoms with van der Waals surface area (Å²) in [5.41, 5.74) is 20.6. The number of nitrogens with zero attached hydrogens (tertiary/aromatic N) is 3. The molecule has 0 bridgehead atoms. The quantitative estimate of drug-likeness (QED) is 0.159. The van der Waals surface area contributed by atoms with Crippen LogP contribution in [0.4, 0.5) is 0 Å². The van der Waals surface area contributed by atoms with Crippen molar-refractivity contribution < 1.29 is 0 Å². The van der Waals surface area contributed by atoms with Gasteiger partial charge in [-0.15, -0.1) is 0 Å². The molecular formula is C50H35N3Se. The van der Waals surface area contributed by atoms with E-state index in [1.807, 2.05) is 6.07 Å². The van der Waals surface area contributed by atoms with Crippen LogP contribution in [-0.4, -0.2) is 29.9 Å². The van der Waals surface area contributed by atoms with Crippen LogP contribution in [0, 0.1) is 13.8 Å². The fourth-order valence-electron chi connectivity index (χ4n) is 8.51. The summed E-state index contributed by atoms with van der Waals surface area (Å²) in [5, 5.41) is 15.3. The van der Waals surface area contributed by atoms with Crippen LogP contribution < -0.4 is 0 Å². The van der Waals surface area contributed by atoms with Crippen molar-refractivity contribution >= 4 is 24.1 Å².